The topological polar surface area (TPSA) is 90.3 Å². The Morgan fingerprint density at radius 1 is 1.13 bits per heavy atom. The molecule has 0 aliphatic carbocycles. The number of rotatable bonds is 5. The molecule has 3 rings (SSSR count). The fraction of sp³-hybridized carbons (Fsp3) is 0.182. The Morgan fingerprint density at radius 3 is 2.45 bits per heavy atom. The zero-order valence-electron chi connectivity index (χ0n) is 17.0. The van der Waals surface area contributed by atoms with E-state index in [-0.39, 0.29) is 5.69 Å². The lowest BCUT2D eigenvalue weighted by Crippen LogP contribution is -2.32. The van der Waals surface area contributed by atoms with Gasteiger partial charge < -0.3 is 10.1 Å². The summed E-state index contributed by atoms with van der Waals surface area (Å²) < 4.78 is 20.2. The number of hydrogen-bond acceptors (Lipinski definition) is 5. The number of hydrogen-bond donors (Lipinski definition) is 1. The third-order valence-electron chi connectivity index (χ3n) is 4.46. The number of aromatic nitrogens is 2. The zero-order valence-corrected chi connectivity index (χ0v) is 17.7. The van der Waals surface area contributed by atoms with Gasteiger partial charge in [0.15, 0.2) is 6.10 Å². The number of ether oxygens (including phenoxy) is 1. The first kappa shape index (κ1) is 22.2. The molecule has 7 nitrogen and oxygen atoms in total. The third kappa shape index (κ3) is 5.16. The SMILES string of the molecule is Cc1ccc(NC(=O)C(C)OC(=O)c2nn(-c3ccc(Cl)cc3)c(C)cc2=O)cc1F. The Labute approximate surface area is 182 Å². The number of nitrogens with one attached hydrogen (secondary N) is 1. The maximum Gasteiger partial charge on any atom is 0.363 e. The molecule has 1 atom stereocenters. The highest BCUT2D eigenvalue weighted by Crippen LogP contribution is 2.15. The van der Waals surface area contributed by atoms with E-state index in [1.54, 1.807) is 38.1 Å². The van der Waals surface area contributed by atoms with Crippen molar-refractivity contribution in [3.8, 4) is 5.69 Å². The Balaban J connectivity index is 1.78. The second-order valence-electron chi connectivity index (χ2n) is 6.89. The van der Waals surface area contributed by atoms with Crippen molar-refractivity contribution in [3.05, 3.63) is 86.5 Å². The minimum Gasteiger partial charge on any atom is -0.448 e. The van der Waals surface area contributed by atoms with E-state index in [9.17, 15) is 18.8 Å². The highest BCUT2D eigenvalue weighted by Gasteiger charge is 2.23. The van der Waals surface area contributed by atoms with Crippen molar-refractivity contribution in [1.82, 2.24) is 9.78 Å². The molecule has 0 fully saturated rings. The molecule has 0 saturated heterocycles. The molecule has 2 aromatic carbocycles. The summed E-state index contributed by atoms with van der Waals surface area (Å²) >= 11 is 5.89. The molecule has 1 unspecified atom stereocenters. The smallest absolute Gasteiger partial charge is 0.363 e. The highest BCUT2D eigenvalue weighted by molar-refractivity contribution is 6.30. The van der Waals surface area contributed by atoms with Crippen molar-refractivity contribution in [2.45, 2.75) is 26.9 Å². The van der Waals surface area contributed by atoms with Gasteiger partial charge in [0.05, 0.1) is 5.69 Å². The number of benzene rings is 2. The van der Waals surface area contributed by atoms with Crippen LogP contribution >= 0.6 is 11.6 Å². The highest BCUT2D eigenvalue weighted by atomic mass is 35.5. The Morgan fingerprint density at radius 2 is 1.81 bits per heavy atom. The zero-order chi connectivity index (χ0) is 22.7. The summed E-state index contributed by atoms with van der Waals surface area (Å²) in [5, 5.41) is 7.08. The molecular weight excluding hydrogens is 425 g/mol. The number of carbonyl (C=O) groups is 2. The van der Waals surface area contributed by atoms with Crippen molar-refractivity contribution in [3.63, 3.8) is 0 Å². The van der Waals surface area contributed by atoms with Crippen molar-refractivity contribution in [2.75, 3.05) is 5.32 Å². The van der Waals surface area contributed by atoms with Crippen molar-refractivity contribution >= 4 is 29.2 Å². The number of aryl methyl sites for hydroxylation is 2. The number of anilines is 1. The van der Waals surface area contributed by atoms with Gasteiger partial charge in [0.1, 0.15) is 5.82 Å². The van der Waals surface area contributed by atoms with Crippen molar-refractivity contribution < 1.29 is 18.7 Å². The maximum atomic E-state index is 13.6. The Hall–Kier alpha value is -3.52. The molecule has 3 aromatic rings. The van der Waals surface area contributed by atoms with Gasteiger partial charge in [-0.25, -0.2) is 13.9 Å². The van der Waals surface area contributed by atoms with Crippen LogP contribution in [0.5, 0.6) is 0 Å². The van der Waals surface area contributed by atoms with E-state index >= 15 is 0 Å². The summed E-state index contributed by atoms with van der Waals surface area (Å²) in [6.45, 7) is 4.59. The lowest BCUT2D eigenvalue weighted by molar-refractivity contribution is -0.123. The van der Waals surface area contributed by atoms with Crippen molar-refractivity contribution in [2.24, 2.45) is 0 Å². The summed E-state index contributed by atoms with van der Waals surface area (Å²) in [5.74, 6) is -2.21. The summed E-state index contributed by atoms with van der Waals surface area (Å²) in [6, 6.07) is 12.1. The Bertz CT molecular complexity index is 1210. The molecule has 0 bridgehead atoms. The van der Waals surface area contributed by atoms with E-state index in [2.05, 4.69) is 10.4 Å². The predicted octanol–water partition coefficient (Wildman–Crippen LogP) is 3.83. The van der Waals surface area contributed by atoms with E-state index in [0.29, 0.717) is 22.0 Å². The molecule has 31 heavy (non-hydrogen) atoms. The number of esters is 1. The van der Waals surface area contributed by atoms with Gasteiger partial charge in [0.2, 0.25) is 11.1 Å². The lowest BCUT2D eigenvalue weighted by Gasteiger charge is -2.15. The lowest BCUT2D eigenvalue weighted by atomic mass is 10.2. The van der Waals surface area contributed by atoms with Crippen LogP contribution in [0.4, 0.5) is 10.1 Å². The van der Waals surface area contributed by atoms with E-state index in [0.717, 1.165) is 6.07 Å². The normalized spacial score (nSPS) is 11.6. The van der Waals surface area contributed by atoms with Crippen LogP contribution in [0.15, 0.2) is 53.3 Å². The van der Waals surface area contributed by atoms with E-state index in [4.69, 9.17) is 16.3 Å². The van der Waals surface area contributed by atoms with Crippen LogP contribution < -0.4 is 10.7 Å². The molecule has 1 amide bonds. The summed E-state index contributed by atoms with van der Waals surface area (Å²) in [6.07, 6.45) is -1.25. The van der Waals surface area contributed by atoms with Gasteiger partial charge in [-0.2, -0.15) is 5.10 Å². The summed E-state index contributed by atoms with van der Waals surface area (Å²) in [5.41, 5.74) is 0.621. The molecule has 1 aromatic heterocycles. The third-order valence-corrected chi connectivity index (χ3v) is 4.72. The van der Waals surface area contributed by atoms with Crippen LogP contribution in [0.25, 0.3) is 5.69 Å². The summed E-state index contributed by atoms with van der Waals surface area (Å²) in [7, 11) is 0. The van der Waals surface area contributed by atoms with Crippen LogP contribution in [0.3, 0.4) is 0 Å². The first-order valence-corrected chi connectivity index (χ1v) is 9.68. The van der Waals surface area contributed by atoms with Gasteiger partial charge >= 0.3 is 5.97 Å². The molecule has 0 spiro atoms. The van der Waals surface area contributed by atoms with Crippen molar-refractivity contribution in [1.29, 1.82) is 0 Å². The Kier molecular flexibility index (Phi) is 6.50. The first-order chi connectivity index (χ1) is 14.7. The molecule has 0 saturated carbocycles. The number of carbonyl (C=O) groups excluding carboxylic acids is 2. The van der Waals surface area contributed by atoms with Crippen LogP contribution in [0.1, 0.15) is 28.7 Å². The molecule has 0 radical (unpaired) electrons. The number of halogens is 2. The van der Waals surface area contributed by atoms with Gasteiger partial charge in [-0.3, -0.25) is 9.59 Å². The van der Waals surface area contributed by atoms with Crippen LogP contribution in [0, 0.1) is 19.7 Å². The van der Waals surface area contributed by atoms with E-state index in [1.165, 1.54) is 29.8 Å². The maximum absolute atomic E-state index is 13.6. The van der Waals surface area contributed by atoms with E-state index < -0.39 is 34.9 Å². The standard InChI is InChI=1S/C22H19ClFN3O4/c1-12-4-7-16(11-18(12)24)25-21(29)14(3)31-22(30)20-19(28)10-13(2)27(26-20)17-8-5-15(23)6-9-17/h4-11,14H,1-3H3,(H,25,29). The van der Waals surface area contributed by atoms with Gasteiger partial charge in [0, 0.05) is 22.5 Å². The monoisotopic (exact) mass is 443 g/mol. The van der Waals surface area contributed by atoms with Crippen LogP contribution in [-0.4, -0.2) is 27.8 Å². The molecule has 1 N–H and O–H groups in total. The minimum atomic E-state index is -1.25. The van der Waals surface area contributed by atoms with Gasteiger partial charge in [0.25, 0.3) is 5.91 Å². The minimum absolute atomic E-state index is 0.217. The fourth-order valence-electron chi connectivity index (χ4n) is 2.72. The van der Waals surface area contributed by atoms with E-state index in [1.807, 2.05) is 0 Å². The van der Waals surface area contributed by atoms with Gasteiger partial charge in [-0.1, -0.05) is 17.7 Å². The number of amides is 1. The quantitative estimate of drug-likeness (QED) is 0.605. The van der Waals surface area contributed by atoms with Crippen LogP contribution in [-0.2, 0) is 9.53 Å². The predicted molar refractivity (Wildman–Crippen MR) is 114 cm³/mol. The molecular formula is C22H19ClFN3O4. The molecule has 160 valence electrons. The second-order valence-corrected chi connectivity index (χ2v) is 7.32. The average molecular weight is 444 g/mol. The largest absolute Gasteiger partial charge is 0.448 e. The molecule has 9 heteroatoms. The average Bonchev–Trinajstić information content (AvgIpc) is 2.71. The molecule has 1 heterocycles. The second kappa shape index (κ2) is 9.09. The molecule has 0 aliphatic rings. The fourth-order valence-corrected chi connectivity index (χ4v) is 2.84. The number of nitrogens with zero attached hydrogens (tertiary/aromatic N) is 2. The molecule has 0 aliphatic heterocycles. The van der Waals surface area contributed by atoms with Gasteiger partial charge in [-0.15, -0.1) is 0 Å². The summed E-state index contributed by atoms with van der Waals surface area (Å²) in [4.78, 5) is 37.1. The first-order valence-electron chi connectivity index (χ1n) is 9.30. The van der Waals surface area contributed by atoms with Gasteiger partial charge in [-0.05, 0) is 62.7 Å². The van der Waals surface area contributed by atoms with Crippen LogP contribution in [0.2, 0.25) is 5.02 Å².